The minimum atomic E-state index is 0. The van der Waals surface area contributed by atoms with Crippen LogP contribution in [-0.2, 0) is 0 Å². The molecule has 0 aromatic carbocycles. The van der Waals surface area contributed by atoms with E-state index in [1.807, 2.05) is 0 Å². The Bertz CT molecular complexity index is 3.25. The summed E-state index contributed by atoms with van der Waals surface area (Å²) in [6, 6.07) is 0. The first-order valence-electron chi connectivity index (χ1n) is 0. The zero-order valence-electron chi connectivity index (χ0n) is 2.44. The second kappa shape index (κ2) is 15.9. The molecule has 0 bridgehead atoms. The zero-order chi connectivity index (χ0) is 0. The van der Waals surface area contributed by atoms with Gasteiger partial charge >= 0.3 is 71.7 Å². The van der Waals surface area contributed by atoms with Gasteiger partial charge in [0.25, 0.3) is 0 Å². The molecule has 0 spiro atoms. The molecule has 0 saturated carbocycles. The summed E-state index contributed by atoms with van der Waals surface area (Å²) < 4.78 is 0. The molecular weight excluding hydrogens is 519 g/mol. The normalized spacial score (nSPS) is 0. The van der Waals surface area contributed by atoms with Crippen molar-refractivity contribution in [1.29, 1.82) is 0 Å². The molecule has 0 atom stereocenters. The van der Waals surface area contributed by atoms with Crippen LogP contribution in [0, 0.1) is 38.2 Å². The van der Waals surface area contributed by atoms with Crippen molar-refractivity contribution in [3.8, 4) is 0 Å². The Kier molecular flexibility index (Phi) is 101. The van der Waals surface area contributed by atoms with Crippen LogP contribution in [-0.4, -0.2) is 71.7 Å². The Morgan fingerprint density at radius 1 is 0.500 bits per heavy atom. The minimum absolute atomic E-state index is 0. The standard InChI is InChI=1S/Dy.3Sn.6H. The van der Waals surface area contributed by atoms with Gasteiger partial charge in [-0.15, -0.1) is 0 Å². The molecule has 0 amide bonds. The quantitative estimate of drug-likeness (QED) is 0.302. The maximum atomic E-state index is 0. The summed E-state index contributed by atoms with van der Waals surface area (Å²) in [4.78, 5) is 0. The number of rotatable bonds is 0. The van der Waals surface area contributed by atoms with Gasteiger partial charge in [-0.1, -0.05) is 0 Å². The van der Waals surface area contributed by atoms with E-state index in [2.05, 4.69) is 0 Å². The molecule has 0 unspecified atom stereocenters. The van der Waals surface area contributed by atoms with Gasteiger partial charge in [0.2, 0.25) is 0 Å². The molecule has 0 saturated heterocycles. The fourth-order valence-electron chi connectivity index (χ4n) is 0. The monoisotopic (exact) mass is 530 g/mol. The van der Waals surface area contributed by atoms with Crippen LogP contribution in [0.25, 0.3) is 0 Å². The van der Waals surface area contributed by atoms with Crippen LogP contribution in [0.3, 0.4) is 0 Å². The molecule has 0 aromatic heterocycles. The van der Waals surface area contributed by atoms with Gasteiger partial charge in [-0.05, 0) is 0 Å². The van der Waals surface area contributed by atoms with Gasteiger partial charge in [0.1, 0.15) is 0 Å². The summed E-state index contributed by atoms with van der Waals surface area (Å²) in [5, 5.41) is 0. The fourth-order valence-corrected chi connectivity index (χ4v) is 0. The van der Waals surface area contributed by atoms with Crippen molar-refractivity contribution >= 4 is 71.7 Å². The maximum absolute atomic E-state index is 0. The molecule has 0 heterocycles. The van der Waals surface area contributed by atoms with Crippen molar-refractivity contribution in [2.75, 3.05) is 0 Å². The van der Waals surface area contributed by atoms with Crippen molar-refractivity contribution in [3.05, 3.63) is 0 Å². The van der Waals surface area contributed by atoms with E-state index >= 15 is 0 Å². The Morgan fingerprint density at radius 2 is 0.500 bits per heavy atom. The zero-order valence-corrected chi connectivity index (χ0v) is 16.6. The third kappa shape index (κ3) is 9.18. The van der Waals surface area contributed by atoms with Gasteiger partial charge in [-0.2, -0.15) is 0 Å². The van der Waals surface area contributed by atoms with Gasteiger partial charge in [-0.25, -0.2) is 0 Å². The van der Waals surface area contributed by atoms with E-state index in [1.54, 1.807) is 0 Å². The van der Waals surface area contributed by atoms with E-state index in [1.165, 1.54) is 0 Å². The van der Waals surface area contributed by atoms with E-state index in [4.69, 9.17) is 0 Å². The van der Waals surface area contributed by atoms with Crippen molar-refractivity contribution in [3.63, 3.8) is 0 Å². The molecule has 0 N–H and O–H groups in total. The molecule has 0 aliphatic heterocycles. The molecule has 0 aliphatic rings. The predicted molar refractivity (Wildman–Crippen MR) is 25.6 cm³/mol. The van der Waals surface area contributed by atoms with Crippen molar-refractivity contribution < 1.29 is 38.2 Å². The van der Waals surface area contributed by atoms with Gasteiger partial charge in [0.05, 0.1) is 0 Å². The molecule has 0 nitrogen and oxygen atoms in total. The summed E-state index contributed by atoms with van der Waals surface area (Å²) in [5.74, 6) is 0. The van der Waals surface area contributed by atoms with Crippen molar-refractivity contribution in [2.24, 2.45) is 0 Å². The number of hydrogen-bond acceptors (Lipinski definition) is 0. The summed E-state index contributed by atoms with van der Waals surface area (Å²) in [5.41, 5.74) is 0. The number of hydrogen-bond donors (Lipinski definition) is 0. The summed E-state index contributed by atoms with van der Waals surface area (Å²) in [6.45, 7) is 0. The molecular formula is H6DySn3. The average Bonchev–Trinajstić information content (AvgIpc) is 0. The van der Waals surface area contributed by atoms with Crippen LogP contribution >= 0.6 is 0 Å². The SMILES string of the molecule is [Dy].[SnH2].[SnH2].[SnH2]. The molecule has 0 fully saturated rings. The van der Waals surface area contributed by atoms with Crippen molar-refractivity contribution in [1.82, 2.24) is 0 Å². The van der Waals surface area contributed by atoms with Crippen LogP contribution in [0.2, 0.25) is 0 Å². The summed E-state index contributed by atoms with van der Waals surface area (Å²) >= 11 is 0. The second-order valence-corrected chi connectivity index (χ2v) is 0. The van der Waals surface area contributed by atoms with Crippen LogP contribution in [0.4, 0.5) is 0 Å². The van der Waals surface area contributed by atoms with Gasteiger partial charge in [0, 0.05) is 38.2 Å². The molecule has 6 radical (unpaired) electrons. The van der Waals surface area contributed by atoms with Crippen LogP contribution in [0.5, 0.6) is 0 Å². The van der Waals surface area contributed by atoms with Gasteiger partial charge < -0.3 is 0 Å². The van der Waals surface area contributed by atoms with Crippen LogP contribution < -0.4 is 0 Å². The van der Waals surface area contributed by atoms with E-state index in [0.29, 0.717) is 0 Å². The molecule has 0 aromatic rings. The Labute approximate surface area is 107 Å². The van der Waals surface area contributed by atoms with E-state index in [-0.39, 0.29) is 110 Å². The summed E-state index contributed by atoms with van der Waals surface area (Å²) in [7, 11) is 0. The fraction of sp³-hybridized carbons (Fsp3) is 0. The van der Waals surface area contributed by atoms with E-state index < -0.39 is 0 Å². The van der Waals surface area contributed by atoms with E-state index in [0.717, 1.165) is 0 Å². The molecule has 28 valence electrons. The van der Waals surface area contributed by atoms with Gasteiger partial charge in [0.15, 0.2) is 0 Å². The first-order valence-corrected chi connectivity index (χ1v) is 0. The molecule has 4 heavy (non-hydrogen) atoms. The molecule has 0 rings (SSSR count). The topological polar surface area (TPSA) is 0 Å². The van der Waals surface area contributed by atoms with Crippen LogP contribution in [0.1, 0.15) is 0 Å². The average molecular weight is 525 g/mol. The van der Waals surface area contributed by atoms with E-state index in [9.17, 15) is 0 Å². The second-order valence-electron chi connectivity index (χ2n) is 0. The third-order valence-electron chi connectivity index (χ3n) is 0. The first-order chi connectivity index (χ1) is 0. The van der Waals surface area contributed by atoms with Gasteiger partial charge in [-0.3, -0.25) is 0 Å². The Balaban J connectivity index is 0. The Hall–Kier alpha value is 3.67. The third-order valence-corrected chi connectivity index (χ3v) is 0. The first kappa shape index (κ1) is 25.3. The Morgan fingerprint density at radius 3 is 0.500 bits per heavy atom. The predicted octanol–water partition coefficient (Wildman–Crippen LogP) is -2.75. The van der Waals surface area contributed by atoms with Crippen molar-refractivity contribution in [2.45, 2.75) is 0 Å². The molecule has 0 aliphatic carbocycles. The molecule has 4 heteroatoms. The summed E-state index contributed by atoms with van der Waals surface area (Å²) in [6.07, 6.45) is 0. The van der Waals surface area contributed by atoms with Crippen LogP contribution in [0.15, 0.2) is 0 Å².